The number of nitrogens with zero attached hydrogens (tertiary/aromatic N) is 2. The van der Waals surface area contributed by atoms with E-state index < -0.39 is 26.2 Å². The molecule has 0 radical (unpaired) electrons. The van der Waals surface area contributed by atoms with Crippen LogP contribution in [0.15, 0.2) is 4.34 Å². The third-order valence-electron chi connectivity index (χ3n) is 3.03. The van der Waals surface area contributed by atoms with Crippen molar-refractivity contribution in [1.82, 2.24) is 10.2 Å². The average molecular weight is 325 g/mol. The monoisotopic (exact) mass is 325 g/mol. The van der Waals surface area contributed by atoms with E-state index in [1.165, 1.54) is 17.6 Å². The first-order valence-electron chi connectivity index (χ1n) is 5.76. The van der Waals surface area contributed by atoms with Crippen molar-refractivity contribution in [2.24, 2.45) is 0 Å². The van der Waals surface area contributed by atoms with Crippen LogP contribution in [-0.4, -0.2) is 44.9 Å². The molecular weight excluding hydrogens is 310 g/mol. The number of aromatic nitrogens is 2. The fraction of sp³-hybridized carbons (Fsp3) is 0.778. The Morgan fingerprint density at radius 2 is 2.16 bits per heavy atom. The number of anilines is 1. The van der Waals surface area contributed by atoms with Gasteiger partial charge in [0.25, 0.3) is 10.1 Å². The maximum Gasteiger partial charge on any atom is 0.267 e. The van der Waals surface area contributed by atoms with Gasteiger partial charge in [-0.3, -0.25) is 8.76 Å². The molecule has 2 N–H and O–H groups in total. The predicted molar refractivity (Wildman–Crippen MR) is 73.5 cm³/mol. The molecule has 0 aromatic carbocycles. The highest BCUT2D eigenvalue weighted by Crippen LogP contribution is 2.27. The quantitative estimate of drug-likeness (QED) is 0.791. The lowest BCUT2D eigenvalue weighted by Crippen LogP contribution is -2.34. The second kappa shape index (κ2) is 5.81. The Hall–Kier alpha value is -0.580. The summed E-state index contributed by atoms with van der Waals surface area (Å²) in [4.78, 5) is 0. The molecule has 1 heterocycles. The Balaban J connectivity index is 2.00. The number of hydrogen-bond donors (Lipinski definition) is 2. The van der Waals surface area contributed by atoms with Gasteiger partial charge < -0.3 is 5.32 Å². The minimum Gasteiger partial charge on any atom is -0.357 e. The van der Waals surface area contributed by atoms with Crippen molar-refractivity contribution in [3.63, 3.8) is 0 Å². The molecule has 1 fully saturated rings. The van der Waals surface area contributed by atoms with Gasteiger partial charge in [-0.2, -0.15) is 8.42 Å². The topological polar surface area (TPSA) is 109 Å². The van der Waals surface area contributed by atoms with Crippen molar-refractivity contribution in [1.29, 1.82) is 0 Å². The molecule has 2 rings (SSSR count). The lowest BCUT2D eigenvalue weighted by Gasteiger charge is -2.27. The molecule has 108 valence electrons. The zero-order chi connectivity index (χ0) is 14.0. The van der Waals surface area contributed by atoms with E-state index in [4.69, 9.17) is 4.55 Å². The van der Waals surface area contributed by atoms with Crippen LogP contribution < -0.4 is 5.32 Å². The maximum absolute atomic E-state index is 11.2. The molecule has 1 aliphatic rings. The van der Waals surface area contributed by atoms with E-state index in [9.17, 15) is 12.6 Å². The molecule has 10 heteroatoms. The van der Waals surface area contributed by atoms with Crippen molar-refractivity contribution >= 4 is 37.4 Å². The first kappa shape index (κ1) is 14.8. The fourth-order valence-corrected chi connectivity index (χ4v) is 4.46. The molecule has 7 nitrogen and oxygen atoms in total. The first-order valence-corrected chi connectivity index (χ1v) is 9.64. The average Bonchev–Trinajstić information content (AvgIpc) is 2.77. The molecule has 1 aromatic heterocycles. The lowest BCUT2D eigenvalue weighted by atomic mass is 9.95. The van der Waals surface area contributed by atoms with Crippen molar-refractivity contribution in [2.75, 3.05) is 11.6 Å². The van der Waals surface area contributed by atoms with Gasteiger partial charge in [0.05, 0.1) is 16.0 Å². The molecule has 1 aliphatic carbocycles. The highest BCUT2D eigenvalue weighted by molar-refractivity contribution is 7.86. The summed E-state index contributed by atoms with van der Waals surface area (Å²) in [7, 11) is -5.15. The smallest absolute Gasteiger partial charge is 0.267 e. The number of nitrogens with one attached hydrogen (secondary N) is 1. The van der Waals surface area contributed by atoms with Crippen LogP contribution in [-0.2, 0) is 20.9 Å². The highest BCUT2D eigenvalue weighted by Gasteiger charge is 2.30. The van der Waals surface area contributed by atoms with Crippen LogP contribution in [0.3, 0.4) is 0 Å². The van der Waals surface area contributed by atoms with E-state index in [1.807, 2.05) is 0 Å². The summed E-state index contributed by atoms with van der Waals surface area (Å²) in [6.45, 7) is 0. The Labute approximate surface area is 118 Å². The molecule has 0 saturated heterocycles. The molecule has 1 aromatic rings. The van der Waals surface area contributed by atoms with Crippen LogP contribution >= 0.6 is 11.3 Å². The summed E-state index contributed by atoms with van der Waals surface area (Å²) in [5.41, 5.74) is 0. The predicted octanol–water partition coefficient (Wildman–Crippen LogP) is 0.886. The second-order valence-electron chi connectivity index (χ2n) is 4.47. The largest absolute Gasteiger partial charge is 0.357 e. The zero-order valence-electron chi connectivity index (χ0n) is 10.3. The van der Waals surface area contributed by atoms with Gasteiger partial charge in [-0.15, -0.1) is 10.2 Å². The molecule has 3 atom stereocenters. The highest BCUT2D eigenvalue weighted by atomic mass is 32.2. The van der Waals surface area contributed by atoms with Crippen LogP contribution in [0.4, 0.5) is 5.13 Å². The molecule has 0 bridgehead atoms. The second-order valence-corrected chi connectivity index (χ2v) is 8.70. The first-order chi connectivity index (χ1) is 8.86. The Kier molecular flexibility index (Phi) is 4.54. The van der Waals surface area contributed by atoms with Gasteiger partial charge in [0.1, 0.15) is 0 Å². The molecular formula is C9H15N3O4S3. The van der Waals surface area contributed by atoms with Gasteiger partial charge >= 0.3 is 0 Å². The third-order valence-corrected chi connectivity index (χ3v) is 6.47. The lowest BCUT2D eigenvalue weighted by molar-refractivity contribution is 0.409. The van der Waals surface area contributed by atoms with Gasteiger partial charge in [0.2, 0.25) is 9.47 Å². The Bertz CT molecular complexity index is 571. The normalized spacial score (nSPS) is 26.0. The standard InChI is InChI=1S/C9H15N3O4S3/c1-18(13)9-12-11-8(17-9)10-6-3-2-4-7(5-6)19(14,15)16/h6-7H,2-5H2,1H3,(H,10,11)(H,14,15,16). The van der Waals surface area contributed by atoms with E-state index in [-0.39, 0.29) is 6.04 Å². The molecule has 3 unspecified atom stereocenters. The van der Waals surface area contributed by atoms with Crippen LogP contribution in [0.25, 0.3) is 0 Å². The van der Waals surface area contributed by atoms with Gasteiger partial charge in [-0.25, -0.2) is 0 Å². The summed E-state index contributed by atoms with van der Waals surface area (Å²) >= 11 is 1.20. The number of hydrogen-bond acceptors (Lipinski definition) is 7. The van der Waals surface area contributed by atoms with Gasteiger partial charge in [-0.1, -0.05) is 17.8 Å². The summed E-state index contributed by atoms with van der Waals surface area (Å²) in [5, 5.41) is 10.6. The Morgan fingerprint density at radius 1 is 1.42 bits per heavy atom. The van der Waals surface area contributed by atoms with E-state index in [2.05, 4.69) is 15.5 Å². The van der Waals surface area contributed by atoms with Crippen molar-refractivity contribution in [3.8, 4) is 0 Å². The maximum atomic E-state index is 11.2. The summed E-state index contributed by atoms with van der Waals surface area (Å²) < 4.78 is 43.0. The molecule has 0 amide bonds. The van der Waals surface area contributed by atoms with E-state index >= 15 is 0 Å². The van der Waals surface area contributed by atoms with Crippen molar-refractivity contribution < 1.29 is 17.2 Å². The number of rotatable bonds is 4. The molecule has 19 heavy (non-hydrogen) atoms. The van der Waals surface area contributed by atoms with Crippen LogP contribution in [0.2, 0.25) is 0 Å². The van der Waals surface area contributed by atoms with Gasteiger partial charge in [-0.05, 0) is 19.3 Å². The van der Waals surface area contributed by atoms with Gasteiger partial charge in [0.15, 0.2) is 0 Å². The molecule has 1 saturated carbocycles. The van der Waals surface area contributed by atoms with E-state index in [1.54, 1.807) is 0 Å². The van der Waals surface area contributed by atoms with Crippen LogP contribution in [0, 0.1) is 0 Å². The SMILES string of the molecule is CS(=O)c1nnc(NC2CCCC(S(=O)(=O)O)C2)s1. The van der Waals surface area contributed by atoms with E-state index in [0.717, 1.165) is 12.8 Å². The molecule has 0 aliphatic heterocycles. The summed E-state index contributed by atoms with van der Waals surface area (Å²) in [5.74, 6) is 0. The minimum absolute atomic E-state index is 0.0632. The minimum atomic E-state index is -3.98. The summed E-state index contributed by atoms with van der Waals surface area (Å²) in [6, 6.07) is -0.0632. The fourth-order valence-electron chi connectivity index (χ4n) is 2.11. The molecule has 0 spiro atoms. The summed E-state index contributed by atoms with van der Waals surface area (Å²) in [6.07, 6.45) is 3.91. The van der Waals surface area contributed by atoms with Gasteiger partial charge in [0, 0.05) is 12.3 Å². The van der Waals surface area contributed by atoms with Crippen molar-refractivity contribution in [3.05, 3.63) is 0 Å². The van der Waals surface area contributed by atoms with Crippen molar-refractivity contribution in [2.45, 2.75) is 41.3 Å². The van der Waals surface area contributed by atoms with E-state index in [0.29, 0.717) is 22.3 Å². The Morgan fingerprint density at radius 3 is 2.74 bits per heavy atom. The third kappa shape index (κ3) is 3.94. The van der Waals surface area contributed by atoms with Crippen LogP contribution in [0.1, 0.15) is 25.7 Å². The van der Waals surface area contributed by atoms with Crippen LogP contribution in [0.5, 0.6) is 0 Å². The zero-order valence-corrected chi connectivity index (χ0v) is 12.7.